The van der Waals surface area contributed by atoms with Crippen LogP contribution >= 0.6 is 0 Å². The molecule has 1 aromatic carbocycles. The quantitative estimate of drug-likeness (QED) is 0.481. The minimum atomic E-state index is -2.13. The third kappa shape index (κ3) is 2.74. The second kappa shape index (κ2) is 5.58. The molecule has 6 heteroatoms. The first-order valence-electron chi connectivity index (χ1n) is 6.61. The molecular formula is C14H16F5N. The fourth-order valence-corrected chi connectivity index (χ4v) is 2.64. The van der Waals surface area contributed by atoms with Crippen LogP contribution in [0.25, 0.3) is 0 Å². The molecule has 0 aromatic heterocycles. The lowest BCUT2D eigenvalue weighted by atomic mass is 9.76. The molecule has 0 atom stereocenters. The Morgan fingerprint density at radius 1 is 0.800 bits per heavy atom. The van der Waals surface area contributed by atoms with Gasteiger partial charge in [0.2, 0.25) is 5.82 Å². The maximum absolute atomic E-state index is 13.5. The van der Waals surface area contributed by atoms with E-state index in [1.165, 1.54) is 0 Å². The van der Waals surface area contributed by atoms with Gasteiger partial charge in [-0.2, -0.15) is 0 Å². The Balaban J connectivity index is 2.21. The molecule has 0 radical (unpaired) electrons. The van der Waals surface area contributed by atoms with Crippen LogP contribution in [0, 0.1) is 34.5 Å². The number of rotatable bonds is 3. The largest absolute Gasteiger partial charge is 0.380 e. The van der Waals surface area contributed by atoms with E-state index in [1.807, 2.05) is 6.92 Å². The summed E-state index contributed by atoms with van der Waals surface area (Å²) in [6.07, 6.45) is 4.87. The van der Waals surface area contributed by atoms with Crippen molar-refractivity contribution in [3.05, 3.63) is 29.1 Å². The second-order valence-electron chi connectivity index (χ2n) is 5.67. The summed E-state index contributed by atoms with van der Waals surface area (Å²) in [5, 5.41) is 2.40. The van der Waals surface area contributed by atoms with E-state index in [9.17, 15) is 22.0 Å². The van der Waals surface area contributed by atoms with Gasteiger partial charge in [0.05, 0.1) is 0 Å². The molecule has 0 aliphatic heterocycles. The van der Waals surface area contributed by atoms with Crippen molar-refractivity contribution in [3.63, 3.8) is 0 Å². The molecule has 0 unspecified atom stereocenters. The van der Waals surface area contributed by atoms with E-state index in [1.54, 1.807) is 0 Å². The number of anilines is 1. The zero-order valence-corrected chi connectivity index (χ0v) is 11.1. The molecule has 1 aliphatic carbocycles. The number of hydrogen-bond acceptors (Lipinski definition) is 1. The van der Waals surface area contributed by atoms with Crippen molar-refractivity contribution in [2.45, 2.75) is 39.0 Å². The fourth-order valence-electron chi connectivity index (χ4n) is 2.64. The molecule has 1 N–H and O–H groups in total. The van der Waals surface area contributed by atoms with Crippen molar-refractivity contribution < 1.29 is 22.0 Å². The average molecular weight is 293 g/mol. The van der Waals surface area contributed by atoms with Crippen LogP contribution in [-0.2, 0) is 0 Å². The average Bonchev–Trinajstić information content (AvgIpc) is 2.44. The summed E-state index contributed by atoms with van der Waals surface area (Å²) in [4.78, 5) is 0. The highest BCUT2D eigenvalue weighted by Gasteiger charge is 2.30. The van der Waals surface area contributed by atoms with Crippen molar-refractivity contribution >= 4 is 5.69 Å². The van der Waals surface area contributed by atoms with Crippen molar-refractivity contribution in [3.8, 4) is 0 Å². The van der Waals surface area contributed by atoms with Crippen LogP contribution in [0.3, 0.4) is 0 Å². The predicted molar refractivity (Wildman–Crippen MR) is 65.9 cm³/mol. The van der Waals surface area contributed by atoms with E-state index >= 15 is 0 Å². The topological polar surface area (TPSA) is 12.0 Å². The van der Waals surface area contributed by atoms with E-state index in [2.05, 4.69) is 5.32 Å². The molecule has 1 nitrogen and oxygen atoms in total. The molecule has 0 bridgehead atoms. The molecule has 1 fully saturated rings. The van der Waals surface area contributed by atoms with Gasteiger partial charge in [-0.3, -0.25) is 0 Å². The zero-order chi connectivity index (χ0) is 14.9. The first-order chi connectivity index (χ1) is 9.36. The van der Waals surface area contributed by atoms with Gasteiger partial charge in [-0.25, -0.2) is 22.0 Å². The van der Waals surface area contributed by atoms with E-state index in [-0.39, 0.29) is 12.0 Å². The lowest BCUT2D eigenvalue weighted by Gasteiger charge is -2.34. The van der Waals surface area contributed by atoms with E-state index < -0.39 is 34.8 Å². The highest BCUT2D eigenvalue weighted by atomic mass is 19.2. The summed E-state index contributed by atoms with van der Waals surface area (Å²) in [6.45, 7) is 2.14. The molecule has 2 rings (SSSR count). The Bertz CT molecular complexity index is 480. The standard InChI is InChI=1S/C14H16F5N/c1-14(5-3-2-4-6-14)7-20-13-11(18)9(16)8(15)10(17)12(13)19/h20H,2-7H2,1H3. The molecule has 0 saturated heterocycles. The fraction of sp³-hybridized carbons (Fsp3) is 0.571. The van der Waals surface area contributed by atoms with Crippen LogP contribution < -0.4 is 5.32 Å². The van der Waals surface area contributed by atoms with Crippen molar-refractivity contribution in [1.82, 2.24) is 0 Å². The Kier molecular flexibility index (Phi) is 4.20. The molecule has 0 amide bonds. The van der Waals surface area contributed by atoms with E-state index in [4.69, 9.17) is 0 Å². The molecule has 112 valence electrons. The molecule has 20 heavy (non-hydrogen) atoms. The number of nitrogens with one attached hydrogen (secondary N) is 1. The van der Waals surface area contributed by atoms with Crippen LogP contribution in [0.15, 0.2) is 0 Å². The SMILES string of the molecule is CC1(CNc2c(F)c(F)c(F)c(F)c2F)CCCCC1. The smallest absolute Gasteiger partial charge is 0.200 e. The van der Waals surface area contributed by atoms with Gasteiger partial charge in [-0.1, -0.05) is 26.2 Å². The molecule has 0 heterocycles. The Morgan fingerprint density at radius 2 is 1.25 bits per heavy atom. The van der Waals surface area contributed by atoms with Gasteiger partial charge >= 0.3 is 0 Å². The van der Waals surface area contributed by atoms with E-state index in [0.717, 1.165) is 32.1 Å². The van der Waals surface area contributed by atoms with Gasteiger partial charge in [0.25, 0.3) is 0 Å². The van der Waals surface area contributed by atoms with Crippen molar-refractivity contribution in [2.24, 2.45) is 5.41 Å². The van der Waals surface area contributed by atoms with Crippen LogP contribution in [0.5, 0.6) is 0 Å². The molecule has 1 aromatic rings. The lowest BCUT2D eigenvalue weighted by molar-refractivity contribution is 0.232. The number of benzene rings is 1. The first-order valence-corrected chi connectivity index (χ1v) is 6.61. The minimum Gasteiger partial charge on any atom is -0.380 e. The van der Waals surface area contributed by atoms with Gasteiger partial charge in [0.15, 0.2) is 23.3 Å². The molecule has 0 spiro atoms. The maximum Gasteiger partial charge on any atom is 0.200 e. The van der Waals surface area contributed by atoms with Crippen LogP contribution in [0.1, 0.15) is 39.0 Å². The first kappa shape index (κ1) is 15.1. The molecular weight excluding hydrogens is 277 g/mol. The highest BCUT2D eigenvalue weighted by Crippen LogP contribution is 2.36. The van der Waals surface area contributed by atoms with Crippen LogP contribution in [0.4, 0.5) is 27.6 Å². The van der Waals surface area contributed by atoms with Crippen LogP contribution in [-0.4, -0.2) is 6.54 Å². The summed E-state index contributed by atoms with van der Waals surface area (Å²) < 4.78 is 66.0. The summed E-state index contributed by atoms with van der Waals surface area (Å²) >= 11 is 0. The minimum absolute atomic E-state index is 0.182. The van der Waals surface area contributed by atoms with Gasteiger partial charge in [0.1, 0.15) is 5.69 Å². The summed E-state index contributed by atoms with van der Waals surface area (Å²) in [7, 11) is 0. The Labute approximate surface area is 114 Å². The third-order valence-electron chi connectivity index (χ3n) is 3.96. The zero-order valence-electron chi connectivity index (χ0n) is 11.1. The molecule has 1 aliphatic rings. The van der Waals surface area contributed by atoms with Gasteiger partial charge in [-0.15, -0.1) is 0 Å². The Morgan fingerprint density at radius 3 is 1.75 bits per heavy atom. The number of halogens is 5. The van der Waals surface area contributed by atoms with Crippen molar-refractivity contribution in [1.29, 1.82) is 0 Å². The number of hydrogen-bond donors (Lipinski definition) is 1. The lowest BCUT2D eigenvalue weighted by Crippen LogP contribution is -2.29. The summed E-state index contributed by atoms with van der Waals surface area (Å²) in [6, 6.07) is 0. The monoisotopic (exact) mass is 293 g/mol. The predicted octanol–water partition coefficient (Wildman–Crippen LogP) is 4.76. The van der Waals surface area contributed by atoms with Crippen molar-refractivity contribution in [2.75, 3.05) is 11.9 Å². The second-order valence-corrected chi connectivity index (χ2v) is 5.67. The normalized spacial score (nSPS) is 18.1. The van der Waals surface area contributed by atoms with Gasteiger partial charge in [0, 0.05) is 6.54 Å². The Hall–Kier alpha value is -1.33. The third-order valence-corrected chi connectivity index (χ3v) is 3.96. The summed E-state index contributed by atoms with van der Waals surface area (Å²) in [5.74, 6) is -9.57. The summed E-state index contributed by atoms with van der Waals surface area (Å²) in [5.41, 5.74) is -1.12. The maximum atomic E-state index is 13.5. The van der Waals surface area contributed by atoms with Crippen LogP contribution in [0.2, 0.25) is 0 Å². The van der Waals surface area contributed by atoms with Gasteiger partial charge < -0.3 is 5.32 Å². The highest BCUT2D eigenvalue weighted by molar-refractivity contribution is 5.47. The molecule has 1 saturated carbocycles. The van der Waals surface area contributed by atoms with E-state index in [0.29, 0.717) is 0 Å². The van der Waals surface area contributed by atoms with Gasteiger partial charge in [-0.05, 0) is 18.3 Å².